The predicted octanol–water partition coefficient (Wildman–Crippen LogP) is 4.32. The fraction of sp³-hybridized carbons (Fsp3) is 0.469. The fourth-order valence-corrected chi connectivity index (χ4v) is 4.59. The molecule has 4 rings (SSSR count). The topological polar surface area (TPSA) is 120 Å². The van der Waals surface area contributed by atoms with Crippen LogP contribution in [-0.2, 0) is 22.2 Å². The molecule has 0 amide bonds. The van der Waals surface area contributed by atoms with Gasteiger partial charge in [-0.1, -0.05) is 36.1 Å². The van der Waals surface area contributed by atoms with Crippen LogP contribution in [0.3, 0.4) is 0 Å². The van der Waals surface area contributed by atoms with E-state index >= 15 is 0 Å². The first-order valence-corrected chi connectivity index (χ1v) is 15.0. The minimum atomic E-state index is -4.54. The molecule has 46 heavy (non-hydrogen) atoms. The molecule has 246 valence electrons. The van der Waals surface area contributed by atoms with Crippen LogP contribution in [0.2, 0.25) is 0 Å². The molecule has 1 aliphatic heterocycles. The number of morpholine rings is 1. The molecule has 1 fully saturated rings. The molecule has 1 aliphatic rings. The van der Waals surface area contributed by atoms with Gasteiger partial charge < -0.3 is 24.7 Å². The SMILES string of the molecule is CO/C(N)=C/C(=NC(C)C)c1ncnc(N(CC#CCN2CCOCC2)Cc2ccc(-c3nc(C(F)(F)F)cn3C(C)C)cc2)n1. The van der Waals surface area contributed by atoms with Gasteiger partial charge in [-0.15, -0.1) is 0 Å². The maximum atomic E-state index is 13.4. The van der Waals surface area contributed by atoms with E-state index in [9.17, 15) is 13.2 Å². The summed E-state index contributed by atoms with van der Waals surface area (Å²) in [5, 5.41) is 0. The molecule has 0 atom stereocenters. The Morgan fingerprint density at radius 2 is 1.83 bits per heavy atom. The third-order valence-corrected chi connectivity index (χ3v) is 6.95. The zero-order valence-electron chi connectivity index (χ0n) is 26.8. The van der Waals surface area contributed by atoms with Crippen LogP contribution in [0.15, 0.2) is 53.7 Å². The molecule has 3 heterocycles. The van der Waals surface area contributed by atoms with Crippen molar-refractivity contribution in [3.05, 3.63) is 65.8 Å². The molecule has 0 saturated carbocycles. The summed E-state index contributed by atoms with van der Waals surface area (Å²) in [6.45, 7) is 11.8. The molecule has 0 bridgehead atoms. The van der Waals surface area contributed by atoms with Crippen molar-refractivity contribution in [3.63, 3.8) is 0 Å². The van der Waals surface area contributed by atoms with Crippen molar-refractivity contribution in [1.29, 1.82) is 0 Å². The minimum absolute atomic E-state index is 0.0599. The summed E-state index contributed by atoms with van der Waals surface area (Å²) in [7, 11) is 1.46. The molecule has 1 aromatic carbocycles. The quantitative estimate of drug-likeness (QED) is 0.186. The smallest absolute Gasteiger partial charge is 0.434 e. The third-order valence-electron chi connectivity index (χ3n) is 6.95. The second-order valence-electron chi connectivity index (χ2n) is 11.2. The predicted molar refractivity (Wildman–Crippen MR) is 170 cm³/mol. The van der Waals surface area contributed by atoms with E-state index in [1.165, 1.54) is 18.0 Å². The van der Waals surface area contributed by atoms with Gasteiger partial charge in [-0.2, -0.15) is 18.2 Å². The third kappa shape index (κ3) is 9.51. The van der Waals surface area contributed by atoms with Gasteiger partial charge in [0.15, 0.2) is 17.4 Å². The number of nitrogens with two attached hydrogens (primary N) is 1. The van der Waals surface area contributed by atoms with Gasteiger partial charge in [0.2, 0.25) is 5.95 Å². The number of nitrogens with zero attached hydrogens (tertiary/aromatic N) is 8. The highest BCUT2D eigenvalue weighted by Crippen LogP contribution is 2.32. The average Bonchev–Trinajstić information content (AvgIpc) is 3.50. The summed E-state index contributed by atoms with van der Waals surface area (Å²) in [5.41, 5.74) is 6.89. The van der Waals surface area contributed by atoms with E-state index in [0.717, 1.165) is 24.8 Å². The standard InChI is InChI=1S/C32H40F3N9O2/c1-22(2)39-26(18-28(36)45-5)29-37-21-38-31(41-29)43(13-7-6-12-42-14-16-46-17-15-42)19-24-8-10-25(11-9-24)30-40-27(32(33,34)35)20-44(30)23(3)4/h8-11,18,20-23H,12-17,19,36H2,1-5H3/b28-18+,39-26?. The maximum absolute atomic E-state index is 13.4. The van der Waals surface area contributed by atoms with Gasteiger partial charge in [0.05, 0.1) is 33.4 Å². The van der Waals surface area contributed by atoms with Gasteiger partial charge in [-0.05, 0) is 33.3 Å². The lowest BCUT2D eigenvalue weighted by Gasteiger charge is -2.24. The van der Waals surface area contributed by atoms with Gasteiger partial charge in [-0.25, -0.2) is 15.0 Å². The highest BCUT2D eigenvalue weighted by Gasteiger charge is 2.35. The second kappa shape index (κ2) is 15.7. The highest BCUT2D eigenvalue weighted by molar-refractivity contribution is 6.06. The summed E-state index contributed by atoms with van der Waals surface area (Å²) in [4.78, 5) is 26.1. The van der Waals surface area contributed by atoms with Crippen LogP contribution >= 0.6 is 0 Å². The average molecular weight is 640 g/mol. The van der Waals surface area contributed by atoms with E-state index < -0.39 is 11.9 Å². The van der Waals surface area contributed by atoms with Gasteiger partial charge >= 0.3 is 6.18 Å². The lowest BCUT2D eigenvalue weighted by Crippen LogP contribution is -2.36. The van der Waals surface area contributed by atoms with Crippen LogP contribution < -0.4 is 10.6 Å². The number of hydrogen-bond acceptors (Lipinski definition) is 10. The van der Waals surface area contributed by atoms with E-state index in [2.05, 4.69) is 36.7 Å². The molecule has 0 radical (unpaired) electrons. The number of hydrogen-bond donors (Lipinski definition) is 1. The molecule has 3 aromatic rings. The van der Waals surface area contributed by atoms with E-state index in [1.54, 1.807) is 18.2 Å². The first kappa shape index (κ1) is 34.4. The summed E-state index contributed by atoms with van der Waals surface area (Å²) < 4.78 is 52.4. The van der Waals surface area contributed by atoms with Gasteiger partial charge in [0.25, 0.3) is 0 Å². The van der Waals surface area contributed by atoms with Crippen LogP contribution in [0.1, 0.15) is 50.8 Å². The number of benzene rings is 1. The van der Waals surface area contributed by atoms with Crippen molar-refractivity contribution < 1.29 is 22.6 Å². The molecular formula is C32H40F3N9O2. The molecule has 0 spiro atoms. The number of allylic oxidation sites excluding steroid dienone is 1. The summed E-state index contributed by atoms with van der Waals surface area (Å²) in [6, 6.07) is 6.97. The van der Waals surface area contributed by atoms with Crippen LogP contribution in [-0.4, -0.2) is 87.7 Å². The molecule has 0 unspecified atom stereocenters. The normalized spacial score (nSPS) is 14.8. The maximum Gasteiger partial charge on any atom is 0.434 e. The Bertz CT molecular complexity index is 1570. The summed E-state index contributed by atoms with van der Waals surface area (Å²) in [5.74, 6) is 7.59. The number of imidazole rings is 1. The number of aliphatic imine (C=N–C) groups is 1. The van der Waals surface area contributed by atoms with Crippen molar-refractivity contribution in [2.75, 3.05) is 51.4 Å². The number of halogens is 3. The first-order chi connectivity index (χ1) is 21.9. The zero-order valence-corrected chi connectivity index (χ0v) is 26.8. The van der Waals surface area contributed by atoms with E-state index in [0.29, 0.717) is 55.9 Å². The Morgan fingerprint density at radius 1 is 1.11 bits per heavy atom. The van der Waals surface area contributed by atoms with Gasteiger partial charge in [0.1, 0.15) is 17.9 Å². The van der Waals surface area contributed by atoms with Crippen LogP contribution in [0.25, 0.3) is 11.4 Å². The van der Waals surface area contributed by atoms with Crippen LogP contribution in [0.4, 0.5) is 19.1 Å². The number of anilines is 1. The summed E-state index contributed by atoms with van der Waals surface area (Å²) in [6.07, 6.45) is -0.511. The Hall–Kier alpha value is -4.48. The van der Waals surface area contributed by atoms with E-state index in [4.69, 9.17) is 20.2 Å². The van der Waals surface area contributed by atoms with E-state index in [-0.39, 0.29) is 23.8 Å². The molecule has 0 aliphatic carbocycles. The number of methoxy groups -OCH3 is 1. The Morgan fingerprint density at radius 3 is 2.46 bits per heavy atom. The molecular weight excluding hydrogens is 599 g/mol. The minimum Gasteiger partial charge on any atom is -0.483 e. The molecule has 1 saturated heterocycles. The largest absolute Gasteiger partial charge is 0.483 e. The van der Waals surface area contributed by atoms with E-state index in [1.807, 2.05) is 44.7 Å². The first-order valence-electron chi connectivity index (χ1n) is 15.0. The molecule has 2 aromatic heterocycles. The van der Waals surface area contributed by atoms with Gasteiger partial charge in [0, 0.05) is 49.6 Å². The highest BCUT2D eigenvalue weighted by atomic mass is 19.4. The number of rotatable bonds is 11. The molecule has 2 N–H and O–H groups in total. The van der Waals surface area contributed by atoms with Crippen LogP contribution in [0.5, 0.6) is 0 Å². The van der Waals surface area contributed by atoms with Crippen molar-refractivity contribution in [2.24, 2.45) is 10.7 Å². The van der Waals surface area contributed by atoms with Crippen molar-refractivity contribution in [3.8, 4) is 23.2 Å². The number of ether oxygens (including phenoxy) is 2. The molecule has 14 heteroatoms. The molecule has 11 nitrogen and oxygen atoms in total. The fourth-order valence-electron chi connectivity index (χ4n) is 4.59. The van der Waals surface area contributed by atoms with Crippen molar-refractivity contribution in [2.45, 2.75) is 52.5 Å². The van der Waals surface area contributed by atoms with Gasteiger partial charge in [-0.3, -0.25) is 9.89 Å². The second-order valence-corrected chi connectivity index (χ2v) is 11.2. The summed E-state index contributed by atoms with van der Waals surface area (Å²) >= 11 is 0. The number of aromatic nitrogens is 5. The Kier molecular flexibility index (Phi) is 11.7. The Labute approximate surface area is 267 Å². The zero-order chi connectivity index (χ0) is 33.3. The van der Waals surface area contributed by atoms with Crippen molar-refractivity contribution in [1.82, 2.24) is 29.4 Å². The lowest BCUT2D eigenvalue weighted by atomic mass is 10.1. The lowest BCUT2D eigenvalue weighted by molar-refractivity contribution is -0.140. The number of alkyl halides is 3. The Balaban J connectivity index is 1.63. The monoisotopic (exact) mass is 639 g/mol. The van der Waals surface area contributed by atoms with Crippen molar-refractivity contribution >= 4 is 11.7 Å². The van der Waals surface area contributed by atoms with Crippen LogP contribution in [0, 0.1) is 11.8 Å².